The summed E-state index contributed by atoms with van der Waals surface area (Å²) >= 11 is 5.98. The lowest BCUT2D eigenvalue weighted by Crippen LogP contribution is -2.30. The van der Waals surface area contributed by atoms with Crippen LogP contribution in [0.15, 0.2) is 109 Å². The Morgan fingerprint density at radius 2 is 1.45 bits per heavy atom. The van der Waals surface area contributed by atoms with Gasteiger partial charge in [-0.05, 0) is 71.3 Å². The smallest absolute Gasteiger partial charge is 0.272 e. The Kier molecular flexibility index (Phi) is 9.69. The van der Waals surface area contributed by atoms with Crippen LogP contribution in [0.4, 0.5) is 5.69 Å². The predicted molar refractivity (Wildman–Crippen MR) is 157 cm³/mol. The molecule has 0 radical (unpaired) electrons. The molecule has 0 aromatic heterocycles. The molecule has 7 nitrogen and oxygen atoms in total. The van der Waals surface area contributed by atoms with E-state index >= 15 is 0 Å². The van der Waals surface area contributed by atoms with E-state index in [1.165, 1.54) is 0 Å². The predicted octanol–water partition coefficient (Wildman–Crippen LogP) is 5.62. The van der Waals surface area contributed by atoms with Gasteiger partial charge in [0.2, 0.25) is 5.91 Å². The molecule has 3 N–H and O–H groups in total. The molecule has 3 amide bonds. The van der Waals surface area contributed by atoms with Crippen molar-refractivity contribution in [2.75, 3.05) is 12.4 Å². The van der Waals surface area contributed by atoms with Gasteiger partial charge in [-0.15, -0.1) is 0 Å². The number of carbonyl (C=O) groups excluding carboxylic acids is 3. The second-order valence-electron chi connectivity index (χ2n) is 8.88. The molecule has 4 rings (SSSR count). The fraction of sp³-hybridized carbons (Fsp3) is 0.0938. The zero-order valence-electron chi connectivity index (χ0n) is 21.8. The van der Waals surface area contributed by atoms with Crippen LogP contribution in [0.25, 0.3) is 6.08 Å². The maximum atomic E-state index is 13.2. The van der Waals surface area contributed by atoms with Crippen LogP contribution < -0.4 is 20.7 Å². The molecule has 0 saturated heterocycles. The molecule has 0 saturated carbocycles. The summed E-state index contributed by atoms with van der Waals surface area (Å²) in [7, 11) is 1.61. The Labute approximate surface area is 237 Å². The number of hydrogen-bond acceptors (Lipinski definition) is 4. The first kappa shape index (κ1) is 28.1. The molecule has 0 atom stereocenters. The summed E-state index contributed by atoms with van der Waals surface area (Å²) in [6.07, 6.45) is 1.77. The molecule has 0 fully saturated rings. The maximum absolute atomic E-state index is 13.2. The number of benzene rings is 4. The number of rotatable bonds is 10. The highest BCUT2D eigenvalue weighted by molar-refractivity contribution is 6.30. The van der Waals surface area contributed by atoms with E-state index in [4.69, 9.17) is 16.3 Å². The fourth-order valence-electron chi connectivity index (χ4n) is 3.76. The van der Waals surface area contributed by atoms with Gasteiger partial charge in [0.05, 0.1) is 13.5 Å². The van der Waals surface area contributed by atoms with Crippen molar-refractivity contribution in [2.24, 2.45) is 0 Å². The van der Waals surface area contributed by atoms with Crippen molar-refractivity contribution in [1.82, 2.24) is 10.6 Å². The lowest BCUT2D eigenvalue weighted by atomic mass is 10.1. The molecule has 0 bridgehead atoms. The zero-order chi connectivity index (χ0) is 28.3. The number of ether oxygens (including phenoxy) is 1. The maximum Gasteiger partial charge on any atom is 0.272 e. The van der Waals surface area contributed by atoms with Crippen molar-refractivity contribution in [1.29, 1.82) is 0 Å². The normalized spacial score (nSPS) is 10.9. The number of methoxy groups -OCH3 is 1. The number of amides is 3. The van der Waals surface area contributed by atoms with E-state index in [9.17, 15) is 14.4 Å². The number of hydrogen-bond donors (Lipinski definition) is 3. The van der Waals surface area contributed by atoms with E-state index in [2.05, 4.69) is 16.0 Å². The van der Waals surface area contributed by atoms with E-state index in [0.29, 0.717) is 28.4 Å². The van der Waals surface area contributed by atoms with Crippen LogP contribution >= 0.6 is 11.6 Å². The average Bonchev–Trinajstić information content (AvgIpc) is 2.98. The topological polar surface area (TPSA) is 96.5 Å². The molecular formula is C32H28ClN3O4. The first-order valence-electron chi connectivity index (χ1n) is 12.5. The minimum absolute atomic E-state index is 0.0677. The van der Waals surface area contributed by atoms with E-state index in [-0.39, 0.29) is 18.0 Å². The lowest BCUT2D eigenvalue weighted by molar-refractivity contribution is -0.120. The number of nitrogens with one attached hydrogen (secondary N) is 3. The summed E-state index contributed by atoms with van der Waals surface area (Å²) in [6, 6.07) is 30.0. The van der Waals surface area contributed by atoms with E-state index in [0.717, 1.165) is 16.9 Å². The number of carbonyl (C=O) groups is 3. The van der Waals surface area contributed by atoms with Crippen molar-refractivity contribution in [2.45, 2.75) is 13.0 Å². The molecule has 0 aliphatic carbocycles. The van der Waals surface area contributed by atoms with Gasteiger partial charge in [0.15, 0.2) is 0 Å². The van der Waals surface area contributed by atoms with Crippen molar-refractivity contribution < 1.29 is 19.1 Å². The number of anilines is 1. The summed E-state index contributed by atoms with van der Waals surface area (Å²) < 4.78 is 5.15. The third kappa shape index (κ3) is 8.31. The molecule has 0 aliphatic heterocycles. The second kappa shape index (κ2) is 13.8. The van der Waals surface area contributed by atoms with Crippen LogP contribution in [0.3, 0.4) is 0 Å². The summed E-state index contributed by atoms with van der Waals surface area (Å²) in [5, 5.41) is 8.97. The summed E-state index contributed by atoms with van der Waals surface area (Å²) in [4.78, 5) is 38.4. The third-order valence-corrected chi connectivity index (χ3v) is 6.19. The first-order chi connectivity index (χ1) is 19.4. The SMILES string of the molecule is COc1ccc(CNC(=O)Cc2ccc(NC(=O)/C(=C\c3ccc(Cl)cc3)NC(=O)c3ccccc3)cc2)cc1. The van der Waals surface area contributed by atoms with Gasteiger partial charge in [-0.3, -0.25) is 14.4 Å². The van der Waals surface area contributed by atoms with Crippen LogP contribution in [0.1, 0.15) is 27.0 Å². The van der Waals surface area contributed by atoms with Gasteiger partial charge in [-0.2, -0.15) is 0 Å². The Morgan fingerprint density at radius 1 is 0.800 bits per heavy atom. The van der Waals surface area contributed by atoms with Crippen molar-refractivity contribution in [3.63, 3.8) is 0 Å². The van der Waals surface area contributed by atoms with Gasteiger partial charge in [0.1, 0.15) is 11.4 Å². The van der Waals surface area contributed by atoms with Gasteiger partial charge in [0.25, 0.3) is 11.8 Å². The third-order valence-electron chi connectivity index (χ3n) is 5.94. The van der Waals surface area contributed by atoms with Crippen molar-refractivity contribution in [3.05, 3.63) is 136 Å². The fourth-order valence-corrected chi connectivity index (χ4v) is 3.89. The van der Waals surface area contributed by atoms with E-state index < -0.39 is 11.8 Å². The molecule has 0 spiro atoms. The summed E-state index contributed by atoms with van der Waals surface area (Å²) in [5.41, 5.74) is 3.46. The highest BCUT2D eigenvalue weighted by Gasteiger charge is 2.15. The number of halogens is 1. The Morgan fingerprint density at radius 3 is 2.10 bits per heavy atom. The quantitative estimate of drug-likeness (QED) is 0.222. The van der Waals surface area contributed by atoms with Crippen LogP contribution in [0.5, 0.6) is 5.75 Å². The molecule has 40 heavy (non-hydrogen) atoms. The minimum atomic E-state index is -0.496. The largest absolute Gasteiger partial charge is 0.497 e. The molecule has 0 unspecified atom stereocenters. The standard InChI is InChI=1S/C32H28ClN3O4/c1-40-28-17-11-24(12-18-28)21-34-30(37)20-23-9-15-27(16-10-23)35-32(39)29(19-22-7-13-26(33)14-8-22)36-31(38)25-5-3-2-4-6-25/h2-19H,20-21H2,1H3,(H,34,37)(H,35,39)(H,36,38)/b29-19+. The van der Waals surface area contributed by atoms with Gasteiger partial charge < -0.3 is 20.7 Å². The van der Waals surface area contributed by atoms with Gasteiger partial charge >= 0.3 is 0 Å². The average molecular weight is 554 g/mol. The lowest BCUT2D eigenvalue weighted by Gasteiger charge is -2.12. The molecule has 0 heterocycles. The van der Waals surface area contributed by atoms with E-state index in [1.807, 2.05) is 30.3 Å². The Bertz CT molecular complexity index is 1480. The summed E-state index contributed by atoms with van der Waals surface area (Å²) in [5.74, 6) is -0.269. The summed E-state index contributed by atoms with van der Waals surface area (Å²) in [6.45, 7) is 0.411. The van der Waals surface area contributed by atoms with Crippen molar-refractivity contribution in [3.8, 4) is 5.75 Å². The van der Waals surface area contributed by atoms with Gasteiger partial charge in [-0.1, -0.05) is 66.2 Å². The van der Waals surface area contributed by atoms with Crippen LogP contribution in [0, 0.1) is 0 Å². The van der Waals surface area contributed by atoms with Gasteiger partial charge in [0, 0.05) is 22.8 Å². The highest BCUT2D eigenvalue weighted by atomic mass is 35.5. The molecule has 0 aliphatic rings. The van der Waals surface area contributed by atoms with E-state index in [1.54, 1.807) is 86.0 Å². The Hall–Kier alpha value is -4.88. The van der Waals surface area contributed by atoms with Crippen LogP contribution in [-0.2, 0) is 22.6 Å². The van der Waals surface area contributed by atoms with Crippen molar-refractivity contribution >= 4 is 41.1 Å². The monoisotopic (exact) mass is 553 g/mol. The minimum Gasteiger partial charge on any atom is -0.497 e. The first-order valence-corrected chi connectivity index (χ1v) is 12.9. The molecule has 4 aromatic carbocycles. The molecule has 8 heteroatoms. The van der Waals surface area contributed by atoms with Crippen LogP contribution in [0.2, 0.25) is 5.02 Å². The second-order valence-corrected chi connectivity index (χ2v) is 9.32. The van der Waals surface area contributed by atoms with Crippen LogP contribution in [-0.4, -0.2) is 24.8 Å². The highest BCUT2D eigenvalue weighted by Crippen LogP contribution is 2.16. The Balaban J connectivity index is 1.39. The van der Waals surface area contributed by atoms with Gasteiger partial charge in [-0.25, -0.2) is 0 Å². The molecule has 202 valence electrons. The zero-order valence-corrected chi connectivity index (χ0v) is 22.6. The molecule has 4 aromatic rings. The molecular weight excluding hydrogens is 526 g/mol.